The number of nitrogens with zero attached hydrogens (tertiary/aromatic N) is 2. The molecule has 1 amide bonds. The van der Waals surface area contributed by atoms with E-state index in [1.165, 1.54) is 9.47 Å². The van der Waals surface area contributed by atoms with Crippen LogP contribution in [-0.4, -0.2) is 22.0 Å². The number of benzene rings is 2. The molecule has 1 aromatic heterocycles. The first kappa shape index (κ1) is 22.3. The largest absolute Gasteiger partial charge is 0.383 e. The molecule has 3 aromatic rings. The molecule has 31 heavy (non-hydrogen) atoms. The highest BCUT2D eigenvalue weighted by atomic mass is 16.2. The van der Waals surface area contributed by atoms with Crippen molar-refractivity contribution in [1.82, 2.24) is 9.55 Å². The Bertz CT molecular complexity index is 1190. The maximum Gasteiger partial charge on any atom is 0.330 e. The van der Waals surface area contributed by atoms with Crippen LogP contribution in [-0.2, 0) is 6.54 Å². The third kappa shape index (κ3) is 4.87. The summed E-state index contributed by atoms with van der Waals surface area (Å²) in [6.07, 6.45) is 2.29. The molecule has 0 atom stereocenters. The van der Waals surface area contributed by atoms with Crippen molar-refractivity contribution in [2.45, 2.75) is 46.6 Å². The SMILES string of the molecule is CCCCn1c(N)c(N(CCC(C)C)C(=O)c2ccc3ccccc3c2)c(=O)[nH]c1=O. The van der Waals surface area contributed by atoms with Gasteiger partial charge in [0, 0.05) is 18.7 Å². The van der Waals surface area contributed by atoms with Crippen LogP contribution in [0.3, 0.4) is 0 Å². The van der Waals surface area contributed by atoms with E-state index in [4.69, 9.17) is 5.73 Å². The van der Waals surface area contributed by atoms with Crippen molar-refractivity contribution >= 4 is 28.2 Å². The number of hydrogen-bond donors (Lipinski definition) is 2. The van der Waals surface area contributed by atoms with Crippen LogP contribution >= 0.6 is 0 Å². The lowest BCUT2D eigenvalue weighted by Gasteiger charge is -2.25. The second-order valence-electron chi connectivity index (χ2n) is 8.20. The average Bonchev–Trinajstić information content (AvgIpc) is 2.74. The summed E-state index contributed by atoms with van der Waals surface area (Å²) >= 11 is 0. The standard InChI is InChI=1S/C24H30N4O3/c1-4-5-13-28-21(25)20(22(29)26-24(28)31)27(14-12-16(2)3)23(30)19-11-10-17-8-6-7-9-18(17)15-19/h6-11,15-16H,4-5,12-14,25H2,1-3H3,(H,26,29,31). The Hall–Kier alpha value is -3.35. The molecule has 7 heteroatoms. The van der Waals surface area contributed by atoms with E-state index in [9.17, 15) is 14.4 Å². The topological polar surface area (TPSA) is 101 Å². The summed E-state index contributed by atoms with van der Waals surface area (Å²) in [5, 5.41) is 1.96. The van der Waals surface area contributed by atoms with Gasteiger partial charge in [-0.25, -0.2) is 4.79 Å². The number of carbonyl (C=O) groups is 1. The van der Waals surface area contributed by atoms with Gasteiger partial charge in [0.1, 0.15) is 5.82 Å². The number of hydrogen-bond acceptors (Lipinski definition) is 4. The zero-order chi connectivity index (χ0) is 22.5. The third-order valence-corrected chi connectivity index (χ3v) is 5.39. The number of carbonyl (C=O) groups excluding carboxylic acids is 1. The van der Waals surface area contributed by atoms with E-state index < -0.39 is 11.2 Å². The lowest BCUT2D eigenvalue weighted by molar-refractivity contribution is 0.0985. The molecule has 0 aliphatic heterocycles. The van der Waals surface area contributed by atoms with Crippen LogP contribution in [0.15, 0.2) is 52.1 Å². The van der Waals surface area contributed by atoms with E-state index in [1.807, 2.05) is 43.3 Å². The van der Waals surface area contributed by atoms with Gasteiger partial charge in [-0.2, -0.15) is 0 Å². The van der Waals surface area contributed by atoms with E-state index in [1.54, 1.807) is 6.07 Å². The quantitative estimate of drug-likeness (QED) is 0.577. The molecule has 0 fully saturated rings. The predicted molar refractivity (Wildman–Crippen MR) is 126 cm³/mol. The van der Waals surface area contributed by atoms with Gasteiger partial charge in [0.2, 0.25) is 0 Å². The van der Waals surface area contributed by atoms with Gasteiger partial charge in [0.25, 0.3) is 11.5 Å². The Morgan fingerprint density at radius 2 is 1.84 bits per heavy atom. The molecule has 0 spiro atoms. The van der Waals surface area contributed by atoms with Gasteiger partial charge in [-0.3, -0.25) is 19.1 Å². The molecule has 0 saturated carbocycles. The molecule has 0 unspecified atom stereocenters. The van der Waals surface area contributed by atoms with Gasteiger partial charge in [0.05, 0.1) is 0 Å². The number of aromatic nitrogens is 2. The van der Waals surface area contributed by atoms with E-state index in [-0.39, 0.29) is 17.4 Å². The van der Waals surface area contributed by atoms with Crippen molar-refractivity contribution in [2.24, 2.45) is 5.92 Å². The van der Waals surface area contributed by atoms with Crippen molar-refractivity contribution in [1.29, 1.82) is 0 Å². The lowest BCUT2D eigenvalue weighted by atomic mass is 10.1. The van der Waals surface area contributed by atoms with Crippen molar-refractivity contribution < 1.29 is 4.79 Å². The van der Waals surface area contributed by atoms with Crippen molar-refractivity contribution in [3.05, 3.63) is 68.9 Å². The number of rotatable bonds is 8. The highest BCUT2D eigenvalue weighted by Gasteiger charge is 2.25. The van der Waals surface area contributed by atoms with Gasteiger partial charge in [0.15, 0.2) is 5.69 Å². The molecule has 0 aliphatic rings. The zero-order valence-corrected chi connectivity index (χ0v) is 18.4. The van der Waals surface area contributed by atoms with Gasteiger partial charge in [-0.05, 0) is 41.7 Å². The van der Waals surface area contributed by atoms with Crippen LogP contribution in [0, 0.1) is 5.92 Å². The first-order chi connectivity index (χ1) is 14.8. The molecule has 164 valence electrons. The van der Waals surface area contributed by atoms with Gasteiger partial charge in [-0.1, -0.05) is 57.5 Å². The Morgan fingerprint density at radius 3 is 2.52 bits per heavy atom. The monoisotopic (exact) mass is 422 g/mol. The molecule has 2 aromatic carbocycles. The molecule has 3 rings (SSSR count). The summed E-state index contributed by atoms with van der Waals surface area (Å²) in [7, 11) is 0. The Labute approximate surface area is 181 Å². The predicted octanol–water partition coefficient (Wildman–Crippen LogP) is 3.77. The minimum atomic E-state index is -0.645. The van der Waals surface area contributed by atoms with E-state index in [2.05, 4.69) is 18.8 Å². The molecule has 0 bridgehead atoms. The maximum atomic E-state index is 13.5. The first-order valence-corrected chi connectivity index (χ1v) is 10.8. The number of aromatic amines is 1. The number of anilines is 2. The number of H-pyrrole nitrogens is 1. The number of amides is 1. The molecule has 0 aliphatic carbocycles. The highest BCUT2D eigenvalue weighted by molar-refractivity contribution is 6.09. The Kier molecular flexibility index (Phi) is 6.95. The summed E-state index contributed by atoms with van der Waals surface area (Å²) in [4.78, 5) is 42.4. The number of nitrogens with two attached hydrogens (primary N) is 1. The molecule has 0 radical (unpaired) electrons. The smallest absolute Gasteiger partial charge is 0.330 e. The number of fused-ring (bicyclic) bond motifs is 1. The zero-order valence-electron chi connectivity index (χ0n) is 18.4. The van der Waals surface area contributed by atoms with E-state index in [0.717, 1.165) is 23.6 Å². The molecule has 0 saturated heterocycles. The highest BCUT2D eigenvalue weighted by Crippen LogP contribution is 2.23. The van der Waals surface area contributed by atoms with Crippen LogP contribution in [0.1, 0.15) is 50.4 Å². The van der Waals surface area contributed by atoms with E-state index in [0.29, 0.717) is 31.0 Å². The second-order valence-corrected chi connectivity index (χ2v) is 8.20. The summed E-state index contributed by atoms with van der Waals surface area (Å²) in [6.45, 7) is 6.81. The second kappa shape index (κ2) is 9.64. The normalized spacial score (nSPS) is 11.2. The maximum absolute atomic E-state index is 13.5. The summed E-state index contributed by atoms with van der Waals surface area (Å²) in [6, 6.07) is 13.2. The minimum absolute atomic E-state index is 0.0279. The van der Waals surface area contributed by atoms with Gasteiger partial charge >= 0.3 is 5.69 Å². The summed E-state index contributed by atoms with van der Waals surface area (Å²) in [5.74, 6) is 0.0302. The van der Waals surface area contributed by atoms with Crippen LogP contribution < -0.4 is 21.9 Å². The number of unbranched alkanes of at least 4 members (excludes halogenated alkanes) is 1. The van der Waals surface area contributed by atoms with Crippen molar-refractivity contribution in [3.63, 3.8) is 0 Å². The average molecular weight is 423 g/mol. The Morgan fingerprint density at radius 1 is 1.13 bits per heavy atom. The minimum Gasteiger partial charge on any atom is -0.383 e. The summed E-state index contributed by atoms with van der Waals surface area (Å²) in [5.41, 5.74) is 5.59. The van der Waals surface area contributed by atoms with Crippen LogP contribution in [0.2, 0.25) is 0 Å². The van der Waals surface area contributed by atoms with Crippen LogP contribution in [0.5, 0.6) is 0 Å². The fourth-order valence-electron chi connectivity index (χ4n) is 3.56. The van der Waals surface area contributed by atoms with Gasteiger partial charge < -0.3 is 10.6 Å². The lowest BCUT2D eigenvalue weighted by Crippen LogP contribution is -2.42. The Balaban J connectivity index is 2.11. The van der Waals surface area contributed by atoms with Crippen molar-refractivity contribution in [3.8, 4) is 0 Å². The molecular formula is C24H30N4O3. The van der Waals surface area contributed by atoms with Gasteiger partial charge in [-0.15, -0.1) is 0 Å². The third-order valence-electron chi connectivity index (χ3n) is 5.39. The van der Waals surface area contributed by atoms with Crippen LogP contribution in [0.4, 0.5) is 11.5 Å². The molecule has 7 nitrogen and oxygen atoms in total. The number of nitrogens with one attached hydrogen (secondary N) is 1. The molecule has 3 N–H and O–H groups in total. The summed E-state index contributed by atoms with van der Waals surface area (Å²) < 4.78 is 1.34. The fraction of sp³-hybridized carbons (Fsp3) is 0.375. The van der Waals surface area contributed by atoms with Crippen molar-refractivity contribution in [2.75, 3.05) is 17.2 Å². The molecule has 1 heterocycles. The van der Waals surface area contributed by atoms with E-state index >= 15 is 0 Å². The fourth-order valence-corrected chi connectivity index (χ4v) is 3.56. The molecular weight excluding hydrogens is 392 g/mol. The first-order valence-electron chi connectivity index (χ1n) is 10.8. The van der Waals surface area contributed by atoms with Crippen LogP contribution in [0.25, 0.3) is 10.8 Å². The number of nitrogen functional groups attached to an aromatic ring is 1.